The second-order valence-electron chi connectivity index (χ2n) is 4.03. The fourth-order valence-electron chi connectivity index (χ4n) is 1.69. The summed E-state index contributed by atoms with van der Waals surface area (Å²) in [6.45, 7) is 3.03. The van der Waals surface area contributed by atoms with Crippen LogP contribution in [-0.2, 0) is 6.54 Å². The first-order valence-electron chi connectivity index (χ1n) is 6.26. The van der Waals surface area contributed by atoms with Crippen LogP contribution in [-0.4, -0.2) is 12.5 Å². The Labute approximate surface area is 112 Å². The van der Waals surface area contributed by atoms with Crippen molar-refractivity contribution in [3.63, 3.8) is 0 Å². The molecule has 1 heterocycles. The number of amides is 1. The highest BCUT2D eigenvalue weighted by atomic mass is 16.5. The van der Waals surface area contributed by atoms with Gasteiger partial charge in [0.2, 0.25) is 0 Å². The van der Waals surface area contributed by atoms with E-state index in [1.54, 1.807) is 24.3 Å². The normalized spacial score (nSPS) is 9.95. The van der Waals surface area contributed by atoms with Crippen LogP contribution in [0.5, 0.6) is 5.75 Å². The van der Waals surface area contributed by atoms with E-state index in [0.29, 0.717) is 18.7 Å². The maximum atomic E-state index is 11.9. The zero-order valence-corrected chi connectivity index (χ0v) is 10.8. The Kier molecular flexibility index (Phi) is 4.50. The summed E-state index contributed by atoms with van der Waals surface area (Å²) >= 11 is 0. The van der Waals surface area contributed by atoms with Crippen LogP contribution in [0.25, 0.3) is 0 Å². The number of nitrogens with one attached hydrogen (secondary N) is 2. The van der Waals surface area contributed by atoms with Crippen molar-refractivity contribution in [2.75, 3.05) is 6.61 Å². The number of aromatic nitrogens is 1. The highest BCUT2D eigenvalue weighted by molar-refractivity contribution is 5.94. The van der Waals surface area contributed by atoms with Gasteiger partial charge in [0.05, 0.1) is 6.61 Å². The minimum absolute atomic E-state index is 0.0969. The van der Waals surface area contributed by atoms with Gasteiger partial charge in [-0.05, 0) is 31.2 Å². The van der Waals surface area contributed by atoms with Crippen LogP contribution in [0.2, 0.25) is 0 Å². The molecular weight excluding hydrogens is 240 g/mol. The number of rotatable bonds is 5. The first-order valence-corrected chi connectivity index (χ1v) is 6.26. The Hall–Kier alpha value is -2.36. The van der Waals surface area contributed by atoms with E-state index in [2.05, 4.69) is 10.3 Å². The summed E-state index contributed by atoms with van der Waals surface area (Å²) in [6, 6.07) is 12.9. The van der Waals surface area contributed by atoms with E-state index in [1.807, 2.05) is 31.3 Å². The van der Waals surface area contributed by atoms with Gasteiger partial charge in [0.15, 0.2) is 11.9 Å². The Morgan fingerprint density at radius 3 is 2.63 bits per heavy atom. The number of H-pyrrole nitrogens is 1. The molecular formula is C15H17N2O2+. The van der Waals surface area contributed by atoms with Gasteiger partial charge in [-0.1, -0.05) is 6.07 Å². The predicted molar refractivity (Wildman–Crippen MR) is 71.8 cm³/mol. The van der Waals surface area contributed by atoms with Crippen LogP contribution in [0.3, 0.4) is 0 Å². The largest absolute Gasteiger partial charge is 0.494 e. The number of aromatic amines is 1. The second kappa shape index (κ2) is 6.54. The zero-order valence-electron chi connectivity index (χ0n) is 10.8. The third-order valence-electron chi connectivity index (χ3n) is 2.64. The van der Waals surface area contributed by atoms with Gasteiger partial charge in [0.1, 0.15) is 12.3 Å². The summed E-state index contributed by atoms with van der Waals surface area (Å²) in [5, 5.41) is 2.86. The van der Waals surface area contributed by atoms with Gasteiger partial charge in [0, 0.05) is 17.7 Å². The molecule has 19 heavy (non-hydrogen) atoms. The van der Waals surface area contributed by atoms with Gasteiger partial charge in [-0.25, -0.2) is 4.98 Å². The molecule has 0 aliphatic heterocycles. The lowest BCUT2D eigenvalue weighted by molar-refractivity contribution is -0.390. The molecule has 4 heteroatoms. The van der Waals surface area contributed by atoms with Crippen LogP contribution in [0.4, 0.5) is 0 Å². The molecule has 0 bridgehead atoms. The maximum Gasteiger partial charge on any atom is 0.251 e. The average Bonchev–Trinajstić information content (AvgIpc) is 2.47. The van der Waals surface area contributed by atoms with Gasteiger partial charge in [0.25, 0.3) is 5.91 Å². The van der Waals surface area contributed by atoms with E-state index in [1.165, 1.54) is 0 Å². The molecule has 1 aromatic carbocycles. The topological polar surface area (TPSA) is 52.5 Å². The fraction of sp³-hybridized carbons (Fsp3) is 0.200. The van der Waals surface area contributed by atoms with Gasteiger partial charge in [-0.3, -0.25) is 4.79 Å². The van der Waals surface area contributed by atoms with Gasteiger partial charge in [-0.15, -0.1) is 0 Å². The highest BCUT2D eigenvalue weighted by Crippen LogP contribution is 2.11. The molecule has 0 atom stereocenters. The predicted octanol–water partition coefficient (Wildman–Crippen LogP) is 1.83. The smallest absolute Gasteiger partial charge is 0.251 e. The monoisotopic (exact) mass is 257 g/mol. The molecule has 0 aliphatic carbocycles. The Morgan fingerprint density at radius 1 is 1.21 bits per heavy atom. The standard InChI is InChI=1S/C15H16N2O2/c1-2-19-14-8-6-12(7-9-14)15(18)17-11-13-5-3-4-10-16-13/h3-10H,2,11H2,1H3,(H,17,18)/p+1. The number of hydrogen-bond acceptors (Lipinski definition) is 2. The molecule has 2 N–H and O–H groups in total. The average molecular weight is 257 g/mol. The van der Waals surface area contributed by atoms with Crippen LogP contribution in [0.1, 0.15) is 23.0 Å². The molecule has 98 valence electrons. The molecule has 0 aliphatic rings. The third kappa shape index (κ3) is 3.81. The quantitative estimate of drug-likeness (QED) is 0.888. The molecule has 0 saturated carbocycles. The zero-order chi connectivity index (χ0) is 13.5. The van der Waals surface area contributed by atoms with E-state index in [-0.39, 0.29) is 5.91 Å². The molecule has 1 aromatic heterocycles. The first-order chi connectivity index (χ1) is 9.29. The number of hydrogen-bond donors (Lipinski definition) is 1. The summed E-state index contributed by atoms with van der Waals surface area (Å²) in [4.78, 5) is 15.0. The summed E-state index contributed by atoms with van der Waals surface area (Å²) in [7, 11) is 0. The van der Waals surface area contributed by atoms with E-state index in [4.69, 9.17) is 4.74 Å². The number of benzene rings is 1. The molecule has 0 fully saturated rings. The van der Waals surface area contributed by atoms with Crippen LogP contribution in [0, 0.1) is 0 Å². The van der Waals surface area contributed by atoms with Crippen molar-refractivity contribution in [2.45, 2.75) is 13.5 Å². The van der Waals surface area contributed by atoms with E-state index in [9.17, 15) is 4.79 Å². The SMILES string of the molecule is CCOc1ccc(C(=O)NCc2cccc[nH+]2)cc1. The molecule has 0 radical (unpaired) electrons. The molecule has 0 saturated heterocycles. The first kappa shape index (κ1) is 13.1. The van der Waals surface area contributed by atoms with Crippen LogP contribution >= 0.6 is 0 Å². The van der Waals surface area contributed by atoms with Crippen molar-refractivity contribution in [2.24, 2.45) is 0 Å². The van der Waals surface area contributed by atoms with Gasteiger partial charge < -0.3 is 10.1 Å². The van der Waals surface area contributed by atoms with E-state index < -0.39 is 0 Å². The van der Waals surface area contributed by atoms with Crippen molar-refractivity contribution >= 4 is 5.91 Å². The Morgan fingerprint density at radius 2 is 2.00 bits per heavy atom. The number of ether oxygens (including phenoxy) is 1. The van der Waals surface area contributed by atoms with Crippen LogP contribution < -0.4 is 15.0 Å². The number of carbonyl (C=O) groups excluding carboxylic acids is 1. The number of pyridine rings is 1. The lowest BCUT2D eigenvalue weighted by Crippen LogP contribution is -2.26. The summed E-state index contributed by atoms with van der Waals surface area (Å²) < 4.78 is 5.33. The minimum Gasteiger partial charge on any atom is -0.494 e. The molecule has 4 nitrogen and oxygen atoms in total. The van der Waals surface area contributed by atoms with Gasteiger partial charge >= 0.3 is 0 Å². The third-order valence-corrected chi connectivity index (χ3v) is 2.64. The molecule has 0 unspecified atom stereocenters. The van der Waals surface area contributed by atoms with Crippen molar-refractivity contribution in [1.82, 2.24) is 5.32 Å². The summed E-state index contributed by atoms with van der Waals surface area (Å²) in [5.74, 6) is 0.677. The minimum atomic E-state index is -0.0969. The highest BCUT2D eigenvalue weighted by Gasteiger charge is 2.07. The maximum absolute atomic E-state index is 11.9. The summed E-state index contributed by atoms with van der Waals surface area (Å²) in [5.41, 5.74) is 1.58. The summed E-state index contributed by atoms with van der Waals surface area (Å²) in [6.07, 6.45) is 1.83. The van der Waals surface area contributed by atoms with Crippen molar-refractivity contribution in [3.8, 4) is 5.75 Å². The van der Waals surface area contributed by atoms with Crippen LogP contribution in [0.15, 0.2) is 48.7 Å². The van der Waals surface area contributed by atoms with E-state index in [0.717, 1.165) is 11.4 Å². The lowest BCUT2D eigenvalue weighted by atomic mass is 10.2. The second-order valence-corrected chi connectivity index (χ2v) is 4.03. The fourth-order valence-corrected chi connectivity index (χ4v) is 1.69. The molecule has 2 rings (SSSR count). The Balaban J connectivity index is 1.92. The van der Waals surface area contributed by atoms with Gasteiger partial charge in [-0.2, -0.15) is 0 Å². The number of carbonyl (C=O) groups is 1. The Bertz CT molecular complexity index is 524. The molecule has 0 spiro atoms. The van der Waals surface area contributed by atoms with Crippen molar-refractivity contribution < 1.29 is 14.5 Å². The van der Waals surface area contributed by atoms with Crippen molar-refractivity contribution in [3.05, 3.63) is 59.9 Å². The lowest BCUT2D eigenvalue weighted by Gasteiger charge is -2.05. The van der Waals surface area contributed by atoms with E-state index >= 15 is 0 Å². The molecule has 1 amide bonds. The molecule has 2 aromatic rings. The van der Waals surface area contributed by atoms with Crippen molar-refractivity contribution in [1.29, 1.82) is 0 Å².